The summed E-state index contributed by atoms with van der Waals surface area (Å²) in [7, 11) is 0. The lowest BCUT2D eigenvalue weighted by molar-refractivity contribution is -0.131. The molecule has 0 aromatic heterocycles. The number of phenolic OH excluding ortho intramolecular Hbond substituents is 1. The highest BCUT2D eigenvalue weighted by Crippen LogP contribution is 2.32. The van der Waals surface area contributed by atoms with E-state index in [-0.39, 0.29) is 35.8 Å². The summed E-state index contributed by atoms with van der Waals surface area (Å²) in [5.74, 6) is -1.75. The van der Waals surface area contributed by atoms with E-state index in [9.17, 15) is 19.5 Å². The standard InChI is InChI=1S/C23H22O9/c1-12-14(7-5-8-16(12)25)22(26)31-18-10-28-21-19(11-29-20(18)21)32-23(27)15-6-3-4-9-17(15)30-13(2)24/h3-9,18-21,25H,10-11H2,1-2H3/t18-,19?,20-,21-/m1/s1. The molecule has 1 unspecified atom stereocenters. The van der Waals surface area contributed by atoms with Gasteiger partial charge in [-0.15, -0.1) is 0 Å². The molecule has 2 fully saturated rings. The fourth-order valence-corrected chi connectivity index (χ4v) is 3.76. The first kappa shape index (κ1) is 21.8. The second kappa shape index (κ2) is 8.97. The largest absolute Gasteiger partial charge is 0.508 e. The SMILES string of the molecule is CC(=O)Oc1ccccc1C(=O)OC1CO[C@H]2[C@@H]1OC[C@H]2OC(=O)c1cccc(O)c1C. The number of para-hydroxylation sites is 1. The van der Waals surface area contributed by atoms with Gasteiger partial charge in [0, 0.05) is 12.5 Å². The fraction of sp³-hybridized carbons (Fsp3) is 0.348. The van der Waals surface area contributed by atoms with E-state index in [0.29, 0.717) is 5.56 Å². The normalized spacial score (nSPS) is 23.9. The van der Waals surface area contributed by atoms with E-state index in [1.807, 2.05) is 0 Å². The molecule has 2 saturated heterocycles. The minimum atomic E-state index is -0.718. The zero-order chi connectivity index (χ0) is 22.8. The maximum Gasteiger partial charge on any atom is 0.342 e. The quantitative estimate of drug-likeness (QED) is 0.549. The van der Waals surface area contributed by atoms with Gasteiger partial charge < -0.3 is 28.8 Å². The van der Waals surface area contributed by atoms with Crippen LogP contribution in [0.25, 0.3) is 0 Å². The van der Waals surface area contributed by atoms with E-state index in [1.165, 1.54) is 25.1 Å². The van der Waals surface area contributed by atoms with Gasteiger partial charge in [0.05, 0.1) is 18.8 Å². The maximum atomic E-state index is 12.7. The molecular weight excluding hydrogens is 420 g/mol. The second-order valence-electron chi connectivity index (χ2n) is 7.52. The topological polar surface area (TPSA) is 118 Å². The highest BCUT2D eigenvalue weighted by molar-refractivity contribution is 5.93. The van der Waals surface area contributed by atoms with Gasteiger partial charge >= 0.3 is 17.9 Å². The molecule has 2 aromatic rings. The van der Waals surface area contributed by atoms with Crippen molar-refractivity contribution in [1.29, 1.82) is 0 Å². The number of hydrogen-bond acceptors (Lipinski definition) is 9. The maximum absolute atomic E-state index is 12.7. The monoisotopic (exact) mass is 442 g/mol. The summed E-state index contributed by atoms with van der Waals surface area (Å²) in [6, 6.07) is 10.9. The highest BCUT2D eigenvalue weighted by Gasteiger charge is 2.51. The van der Waals surface area contributed by atoms with Crippen molar-refractivity contribution >= 4 is 17.9 Å². The van der Waals surface area contributed by atoms with Crippen molar-refractivity contribution in [3.63, 3.8) is 0 Å². The smallest absolute Gasteiger partial charge is 0.342 e. The Balaban J connectivity index is 1.40. The van der Waals surface area contributed by atoms with Gasteiger partial charge in [-0.3, -0.25) is 4.79 Å². The lowest BCUT2D eigenvalue weighted by Gasteiger charge is -2.18. The molecule has 0 radical (unpaired) electrons. The van der Waals surface area contributed by atoms with Gasteiger partial charge in [-0.2, -0.15) is 0 Å². The Kier molecular flexibility index (Phi) is 6.11. The van der Waals surface area contributed by atoms with E-state index in [1.54, 1.807) is 31.2 Å². The number of rotatable bonds is 5. The molecule has 0 saturated carbocycles. The number of benzene rings is 2. The zero-order valence-electron chi connectivity index (χ0n) is 17.5. The van der Waals surface area contributed by atoms with Gasteiger partial charge in [-0.05, 0) is 31.2 Å². The Morgan fingerprint density at radius 1 is 0.875 bits per heavy atom. The number of esters is 3. The lowest BCUT2D eigenvalue weighted by Crippen LogP contribution is -2.36. The van der Waals surface area contributed by atoms with Crippen LogP contribution in [0.1, 0.15) is 33.2 Å². The number of ether oxygens (including phenoxy) is 5. The van der Waals surface area contributed by atoms with Crippen LogP contribution in [0.5, 0.6) is 11.5 Å². The number of aromatic hydroxyl groups is 1. The Hall–Kier alpha value is -3.43. The predicted octanol–water partition coefficient (Wildman–Crippen LogP) is 2.17. The van der Waals surface area contributed by atoms with Gasteiger partial charge in [0.25, 0.3) is 0 Å². The third kappa shape index (κ3) is 4.30. The third-order valence-corrected chi connectivity index (χ3v) is 5.37. The average Bonchev–Trinajstić information content (AvgIpc) is 3.33. The van der Waals surface area contributed by atoms with Crippen LogP contribution < -0.4 is 4.74 Å². The Morgan fingerprint density at radius 3 is 2.06 bits per heavy atom. The second-order valence-corrected chi connectivity index (χ2v) is 7.52. The number of phenols is 1. The van der Waals surface area contributed by atoms with Gasteiger partial charge in [-0.25, -0.2) is 9.59 Å². The van der Waals surface area contributed by atoms with Crippen LogP contribution in [0.4, 0.5) is 0 Å². The van der Waals surface area contributed by atoms with Gasteiger partial charge in [0.1, 0.15) is 29.3 Å². The molecule has 0 amide bonds. The van der Waals surface area contributed by atoms with Crippen LogP contribution in [-0.2, 0) is 23.7 Å². The zero-order valence-corrected chi connectivity index (χ0v) is 17.5. The number of carbonyl (C=O) groups excluding carboxylic acids is 3. The molecule has 32 heavy (non-hydrogen) atoms. The molecule has 2 heterocycles. The summed E-state index contributed by atoms with van der Waals surface area (Å²) in [5.41, 5.74) is 0.765. The van der Waals surface area contributed by atoms with Crippen molar-refractivity contribution < 1.29 is 43.2 Å². The number of fused-ring (bicyclic) bond motifs is 1. The molecular formula is C23H22O9. The Bertz CT molecular complexity index is 1050. The first-order chi connectivity index (χ1) is 15.3. The molecule has 9 heteroatoms. The summed E-state index contributed by atoms with van der Waals surface area (Å²) in [6.45, 7) is 3.01. The molecule has 0 bridgehead atoms. The molecule has 0 aliphatic carbocycles. The Labute approximate surface area is 183 Å². The van der Waals surface area contributed by atoms with E-state index in [2.05, 4.69) is 0 Å². The summed E-state index contributed by atoms with van der Waals surface area (Å²) in [4.78, 5) is 36.5. The van der Waals surface area contributed by atoms with E-state index < -0.39 is 42.3 Å². The van der Waals surface area contributed by atoms with E-state index in [0.717, 1.165) is 0 Å². The van der Waals surface area contributed by atoms with E-state index in [4.69, 9.17) is 23.7 Å². The average molecular weight is 442 g/mol. The molecule has 2 aliphatic heterocycles. The molecule has 4 atom stereocenters. The van der Waals surface area contributed by atoms with Gasteiger partial charge in [0.15, 0.2) is 12.2 Å². The van der Waals surface area contributed by atoms with Crippen molar-refractivity contribution in [2.24, 2.45) is 0 Å². The molecule has 9 nitrogen and oxygen atoms in total. The summed E-state index contributed by atoms with van der Waals surface area (Å²) in [5, 5.41) is 9.81. The van der Waals surface area contributed by atoms with Crippen molar-refractivity contribution in [3.8, 4) is 11.5 Å². The molecule has 168 valence electrons. The van der Waals surface area contributed by atoms with E-state index >= 15 is 0 Å². The molecule has 2 aromatic carbocycles. The number of carbonyl (C=O) groups is 3. The van der Waals surface area contributed by atoms with Crippen LogP contribution in [0, 0.1) is 6.92 Å². The lowest BCUT2D eigenvalue weighted by atomic mass is 10.1. The van der Waals surface area contributed by atoms with Crippen LogP contribution in [-0.4, -0.2) is 60.6 Å². The van der Waals surface area contributed by atoms with Crippen molar-refractivity contribution in [2.45, 2.75) is 38.3 Å². The van der Waals surface area contributed by atoms with Crippen molar-refractivity contribution in [2.75, 3.05) is 13.2 Å². The molecule has 4 rings (SSSR count). The Morgan fingerprint density at radius 2 is 1.44 bits per heavy atom. The summed E-state index contributed by atoms with van der Waals surface area (Å²) in [6.07, 6.45) is -2.61. The van der Waals surface area contributed by atoms with Crippen molar-refractivity contribution in [3.05, 3.63) is 59.2 Å². The minimum absolute atomic E-state index is 0.00174. The summed E-state index contributed by atoms with van der Waals surface area (Å²) >= 11 is 0. The highest BCUT2D eigenvalue weighted by atomic mass is 16.7. The third-order valence-electron chi connectivity index (χ3n) is 5.37. The fourth-order valence-electron chi connectivity index (χ4n) is 3.76. The van der Waals surface area contributed by atoms with Crippen LogP contribution in [0.2, 0.25) is 0 Å². The molecule has 2 aliphatic rings. The van der Waals surface area contributed by atoms with Gasteiger partial charge in [-0.1, -0.05) is 18.2 Å². The number of hydrogen-bond donors (Lipinski definition) is 1. The van der Waals surface area contributed by atoms with Crippen LogP contribution in [0.15, 0.2) is 42.5 Å². The predicted molar refractivity (Wildman–Crippen MR) is 108 cm³/mol. The van der Waals surface area contributed by atoms with Crippen LogP contribution in [0.3, 0.4) is 0 Å². The van der Waals surface area contributed by atoms with Crippen LogP contribution >= 0.6 is 0 Å². The summed E-state index contributed by atoms with van der Waals surface area (Å²) < 4.78 is 27.6. The first-order valence-corrected chi connectivity index (χ1v) is 10.1. The van der Waals surface area contributed by atoms with Crippen molar-refractivity contribution in [1.82, 2.24) is 0 Å². The molecule has 1 N–H and O–H groups in total. The first-order valence-electron chi connectivity index (χ1n) is 10.1. The van der Waals surface area contributed by atoms with Gasteiger partial charge in [0.2, 0.25) is 0 Å². The molecule has 0 spiro atoms. The minimum Gasteiger partial charge on any atom is -0.508 e.